The van der Waals surface area contributed by atoms with E-state index in [0.29, 0.717) is 13.0 Å². The van der Waals surface area contributed by atoms with Gasteiger partial charge in [0.05, 0.1) is 5.92 Å². The number of unbranched alkanes of at least 4 members (excludes halogenated alkanes) is 1. The van der Waals surface area contributed by atoms with Crippen molar-refractivity contribution in [1.82, 2.24) is 0 Å². The van der Waals surface area contributed by atoms with Crippen molar-refractivity contribution in [2.24, 2.45) is 5.92 Å². The Hall–Kier alpha value is -0.570. The zero-order valence-corrected chi connectivity index (χ0v) is 8.58. The molecule has 0 aliphatic rings. The van der Waals surface area contributed by atoms with E-state index in [0.717, 1.165) is 25.9 Å². The van der Waals surface area contributed by atoms with E-state index in [-0.39, 0.29) is 5.92 Å². The van der Waals surface area contributed by atoms with Crippen molar-refractivity contribution < 1.29 is 14.6 Å². The molecule has 3 nitrogen and oxygen atoms in total. The van der Waals surface area contributed by atoms with Crippen LogP contribution in [0.3, 0.4) is 0 Å². The fraction of sp³-hybridized carbons (Fsp3) is 0.900. The summed E-state index contributed by atoms with van der Waals surface area (Å²) in [6, 6.07) is 0. The quantitative estimate of drug-likeness (QED) is 0.594. The van der Waals surface area contributed by atoms with Crippen molar-refractivity contribution in [3.63, 3.8) is 0 Å². The molecule has 0 saturated heterocycles. The molecular weight excluding hydrogens is 168 g/mol. The first kappa shape index (κ1) is 12.4. The van der Waals surface area contributed by atoms with Gasteiger partial charge in [0.25, 0.3) is 0 Å². The number of rotatable bonds is 8. The number of ether oxygens (including phenoxy) is 1. The first-order valence-corrected chi connectivity index (χ1v) is 4.99. The lowest BCUT2D eigenvalue weighted by Gasteiger charge is -2.06. The maximum atomic E-state index is 10.4. The molecular formula is C10H20O3. The van der Waals surface area contributed by atoms with Crippen molar-refractivity contribution >= 4 is 5.97 Å². The number of aliphatic carboxylic acids is 1. The Balaban J connectivity index is 3.11. The van der Waals surface area contributed by atoms with Crippen LogP contribution in [0.25, 0.3) is 0 Å². The summed E-state index contributed by atoms with van der Waals surface area (Å²) in [4.78, 5) is 10.4. The number of carboxylic acids is 1. The van der Waals surface area contributed by atoms with Crippen LogP contribution >= 0.6 is 0 Å². The molecule has 0 aromatic rings. The highest BCUT2D eigenvalue weighted by atomic mass is 16.5. The second-order valence-electron chi connectivity index (χ2n) is 3.35. The monoisotopic (exact) mass is 188 g/mol. The van der Waals surface area contributed by atoms with Crippen LogP contribution in [0, 0.1) is 5.92 Å². The Morgan fingerprint density at radius 1 is 1.38 bits per heavy atom. The van der Waals surface area contributed by atoms with Gasteiger partial charge in [-0.15, -0.1) is 0 Å². The SMILES string of the molecule is CCCCOCCCC(C)C(=O)O. The molecule has 0 rings (SSSR count). The molecule has 0 aliphatic carbocycles. The average molecular weight is 188 g/mol. The van der Waals surface area contributed by atoms with E-state index in [2.05, 4.69) is 6.92 Å². The van der Waals surface area contributed by atoms with Crippen molar-refractivity contribution in [2.45, 2.75) is 39.5 Å². The van der Waals surface area contributed by atoms with Crippen molar-refractivity contribution in [3.8, 4) is 0 Å². The summed E-state index contributed by atoms with van der Waals surface area (Å²) in [5.41, 5.74) is 0. The standard InChI is InChI=1S/C10H20O3/c1-3-4-7-13-8-5-6-9(2)10(11)12/h9H,3-8H2,1-2H3,(H,11,12). The van der Waals surface area contributed by atoms with E-state index in [9.17, 15) is 4.79 Å². The fourth-order valence-electron chi connectivity index (χ4n) is 0.964. The summed E-state index contributed by atoms with van der Waals surface area (Å²) in [6.45, 7) is 5.35. The second kappa shape index (κ2) is 8.05. The van der Waals surface area contributed by atoms with Gasteiger partial charge in [-0.25, -0.2) is 0 Å². The molecule has 13 heavy (non-hydrogen) atoms. The van der Waals surface area contributed by atoms with Crippen molar-refractivity contribution in [3.05, 3.63) is 0 Å². The molecule has 0 spiro atoms. The smallest absolute Gasteiger partial charge is 0.306 e. The van der Waals surface area contributed by atoms with Crippen LogP contribution in [0.5, 0.6) is 0 Å². The molecule has 0 bridgehead atoms. The van der Waals surface area contributed by atoms with Gasteiger partial charge in [0.15, 0.2) is 0 Å². The topological polar surface area (TPSA) is 46.5 Å². The maximum absolute atomic E-state index is 10.4. The predicted molar refractivity (Wildman–Crippen MR) is 51.8 cm³/mol. The molecule has 1 unspecified atom stereocenters. The molecule has 0 saturated carbocycles. The van der Waals surface area contributed by atoms with Gasteiger partial charge in [-0.2, -0.15) is 0 Å². The van der Waals surface area contributed by atoms with Crippen molar-refractivity contribution in [2.75, 3.05) is 13.2 Å². The van der Waals surface area contributed by atoms with Gasteiger partial charge in [0.2, 0.25) is 0 Å². The molecule has 0 aromatic carbocycles. The molecule has 3 heteroatoms. The fourth-order valence-corrected chi connectivity index (χ4v) is 0.964. The van der Waals surface area contributed by atoms with Gasteiger partial charge in [0.1, 0.15) is 0 Å². The molecule has 0 fully saturated rings. The summed E-state index contributed by atoms with van der Waals surface area (Å²) in [7, 11) is 0. The molecule has 0 radical (unpaired) electrons. The molecule has 0 aliphatic heterocycles. The van der Waals surface area contributed by atoms with Crippen molar-refractivity contribution in [1.29, 1.82) is 0 Å². The van der Waals surface area contributed by atoms with E-state index >= 15 is 0 Å². The number of hydrogen-bond acceptors (Lipinski definition) is 2. The summed E-state index contributed by atoms with van der Waals surface area (Å²) in [6.07, 6.45) is 3.79. The third-order valence-electron chi connectivity index (χ3n) is 1.99. The Bertz CT molecular complexity index is 134. The summed E-state index contributed by atoms with van der Waals surface area (Å²) in [5, 5.41) is 8.58. The molecule has 78 valence electrons. The van der Waals surface area contributed by atoms with Crippen LogP contribution in [0.15, 0.2) is 0 Å². The third kappa shape index (κ3) is 7.78. The molecule has 0 aromatic heterocycles. The van der Waals surface area contributed by atoms with Crippen LogP contribution in [0.4, 0.5) is 0 Å². The second-order valence-corrected chi connectivity index (χ2v) is 3.35. The lowest BCUT2D eigenvalue weighted by Crippen LogP contribution is -2.10. The Morgan fingerprint density at radius 2 is 2.00 bits per heavy atom. The molecule has 1 N–H and O–H groups in total. The minimum atomic E-state index is -0.714. The largest absolute Gasteiger partial charge is 0.481 e. The Morgan fingerprint density at radius 3 is 2.54 bits per heavy atom. The summed E-state index contributed by atoms with van der Waals surface area (Å²) >= 11 is 0. The number of carboxylic acid groups (broad SMARTS) is 1. The minimum absolute atomic E-state index is 0.241. The zero-order valence-electron chi connectivity index (χ0n) is 8.58. The first-order valence-electron chi connectivity index (χ1n) is 4.99. The van der Waals surface area contributed by atoms with E-state index < -0.39 is 5.97 Å². The van der Waals surface area contributed by atoms with Crippen LogP contribution < -0.4 is 0 Å². The van der Waals surface area contributed by atoms with Gasteiger partial charge in [-0.05, 0) is 19.3 Å². The van der Waals surface area contributed by atoms with Crippen LogP contribution in [-0.4, -0.2) is 24.3 Å². The van der Waals surface area contributed by atoms with Gasteiger partial charge in [-0.1, -0.05) is 20.3 Å². The van der Waals surface area contributed by atoms with Crippen LogP contribution in [-0.2, 0) is 9.53 Å². The summed E-state index contributed by atoms with van der Waals surface area (Å²) in [5.74, 6) is -0.955. The summed E-state index contributed by atoms with van der Waals surface area (Å²) < 4.78 is 5.31. The Labute approximate surface area is 80.1 Å². The maximum Gasteiger partial charge on any atom is 0.306 e. The van der Waals surface area contributed by atoms with Gasteiger partial charge in [-0.3, -0.25) is 4.79 Å². The molecule has 1 atom stereocenters. The predicted octanol–water partition coefficient (Wildman–Crippen LogP) is 2.30. The highest BCUT2D eigenvalue weighted by Gasteiger charge is 2.09. The lowest BCUT2D eigenvalue weighted by molar-refractivity contribution is -0.141. The number of carbonyl (C=O) groups is 1. The van der Waals surface area contributed by atoms with E-state index in [4.69, 9.17) is 9.84 Å². The van der Waals surface area contributed by atoms with Gasteiger partial charge in [0, 0.05) is 13.2 Å². The first-order chi connectivity index (χ1) is 6.18. The molecule has 0 amide bonds. The van der Waals surface area contributed by atoms with Gasteiger partial charge < -0.3 is 9.84 Å². The van der Waals surface area contributed by atoms with E-state index in [1.807, 2.05) is 0 Å². The average Bonchev–Trinajstić information content (AvgIpc) is 2.10. The minimum Gasteiger partial charge on any atom is -0.481 e. The molecule has 0 heterocycles. The highest BCUT2D eigenvalue weighted by Crippen LogP contribution is 2.05. The van der Waals surface area contributed by atoms with Crippen LogP contribution in [0.1, 0.15) is 39.5 Å². The van der Waals surface area contributed by atoms with E-state index in [1.54, 1.807) is 6.92 Å². The van der Waals surface area contributed by atoms with Crippen LogP contribution in [0.2, 0.25) is 0 Å². The third-order valence-corrected chi connectivity index (χ3v) is 1.99. The normalized spacial score (nSPS) is 12.8. The lowest BCUT2D eigenvalue weighted by atomic mass is 10.1. The zero-order chi connectivity index (χ0) is 10.1. The number of hydrogen-bond donors (Lipinski definition) is 1. The van der Waals surface area contributed by atoms with Gasteiger partial charge >= 0.3 is 5.97 Å². The van der Waals surface area contributed by atoms with E-state index in [1.165, 1.54) is 0 Å². The highest BCUT2D eigenvalue weighted by molar-refractivity contribution is 5.69. The Kier molecular flexibility index (Phi) is 7.69.